The van der Waals surface area contributed by atoms with Crippen molar-refractivity contribution in [1.82, 2.24) is 15.5 Å². The number of fused-ring (bicyclic) bond motifs is 4. The van der Waals surface area contributed by atoms with E-state index in [1.54, 1.807) is 60.7 Å². The van der Waals surface area contributed by atoms with Gasteiger partial charge in [0.15, 0.2) is 13.2 Å². The van der Waals surface area contributed by atoms with Gasteiger partial charge < -0.3 is 40.4 Å². The van der Waals surface area contributed by atoms with Crippen LogP contribution in [-0.2, 0) is 19.1 Å². The van der Waals surface area contributed by atoms with Gasteiger partial charge in [0.2, 0.25) is 0 Å². The highest BCUT2D eigenvalue weighted by molar-refractivity contribution is 8.00. The quantitative estimate of drug-likeness (QED) is 0.163. The molecule has 15 heteroatoms. The Morgan fingerprint density at radius 1 is 0.617 bits per heavy atom. The Morgan fingerprint density at radius 3 is 1.60 bits per heavy atom. The Kier molecular flexibility index (Phi) is 17.1. The normalized spacial score (nSPS) is 17.3. The molecule has 0 unspecified atom stereocenters. The molecule has 0 radical (unpaired) electrons. The molecule has 0 saturated carbocycles. The van der Waals surface area contributed by atoms with Crippen LogP contribution >= 0.6 is 23.5 Å². The zero-order valence-corrected chi connectivity index (χ0v) is 35.1. The number of carbonyl (C=O) groups is 5. The lowest BCUT2D eigenvalue weighted by atomic mass is 10.1. The molecule has 4 aromatic carbocycles. The van der Waals surface area contributed by atoms with Gasteiger partial charge in [-0.3, -0.25) is 24.0 Å². The summed E-state index contributed by atoms with van der Waals surface area (Å²) >= 11 is 2.91. The zero-order chi connectivity index (χ0) is 41.9. The van der Waals surface area contributed by atoms with E-state index in [2.05, 4.69) is 26.2 Å². The molecule has 2 aliphatic rings. The van der Waals surface area contributed by atoms with Gasteiger partial charge in [-0.15, -0.1) is 23.5 Å². The van der Waals surface area contributed by atoms with E-state index in [-0.39, 0.29) is 48.9 Å². The molecular weight excluding hydrogens is 803 g/mol. The molecule has 0 atom stereocenters. The number of nitrogens with zero attached hydrogens (tertiary/aromatic N) is 1. The van der Waals surface area contributed by atoms with E-state index in [0.717, 1.165) is 35.7 Å². The maximum atomic E-state index is 13.3. The standard InChI is InChI=1S/C45H51N5O8S2/c51-41-28-56-37-18-6-2-14-33(37)44(54)46-23-10-11-24-47-45(55)34-15-3-7-19-38(34)57-29-42(52)49-36-17-5-9-21-40(36)60-31-32(30-59-39-20-8-4-16-35(39)48-41)58-43(53)22-27-50-25-12-1-13-26-50/h2-9,14-21,32H,1,10-13,22-31H2,(H,46,54)(H,47,55)(H,48,51)(H,49,52). The van der Waals surface area contributed by atoms with Crippen LogP contribution in [0.2, 0.25) is 0 Å². The van der Waals surface area contributed by atoms with Crippen molar-refractivity contribution in [2.75, 3.05) is 68.1 Å². The lowest BCUT2D eigenvalue weighted by Gasteiger charge is -2.26. The average Bonchev–Trinajstić information content (AvgIpc) is 3.27. The third kappa shape index (κ3) is 13.8. The predicted molar refractivity (Wildman–Crippen MR) is 234 cm³/mol. The van der Waals surface area contributed by atoms with E-state index >= 15 is 0 Å². The first kappa shape index (κ1) is 44.1. The van der Waals surface area contributed by atoms with Crippen LogP contribution in [0.4, 0.5) is 11.4 Å². The highest BCUT2D eigenvalue weighted by atomic mass is 32.2. The fourth-order valence-corrected chi connectivity index (χ4v) is 8.76. The Morgan fingerprint density at radius 2 is 1.08 bits per heavy atom. The molecule has 13 nitrogen and oxygen atoms in total. The summed E-state index contributed by atoms with van der Waals surface area (Å²) < 4.78 is 17.8. The number of likely N-dealkylation sites (tertiary alicyclic amines) is 1. The second-order valence-corrected chi connectivity index (χ2v) is 16.4. The fraction of sp³-hybridized carbons (Fsp3) is 0.356. The van der Waals surface area contributed by atoms with Gasteiger partial charge in [0, 0.05) is 40.9 Å². The van der Waals surface area contributed by atoms with Crippen LogP contribution in [-0.4, -0.2) is 98.0 Å². The van der Waals surface area contributed by atoms with E-state index in [9.17, 15) is 24.0 Å². The molecule has 0 aromatic heterocycles. The summed E-state index contributed by atoms with van der Waals surface area (Å²) in [6, 6.07) is 28.2. The SMILES string of the molecule is O=C1COc2ccccc2C(=O)NCCCCNC(=O)c2ccccc2OCC(=O)Nc2ccccc2SCC(OC(=O)CCN2CCCCC2)CSc2ccccc2N1. The monoisotopic (exact) mass is 853 g/mol. The van der Waals surface area contributed by atoms with Crippen LogP contribution in [0.15, 0.2) is 107 Å². The minimum absolute atomic E-state index is 0.269. The van der Waals surface area contributed by atoms with Crippen LogP contribution in [0.25, 0.3) is 0 Å². The third-order valence-corrected chi connectivity index (χ3v) is 12.1. The number of ether oxygens (including phenoxy) is 3. The van der Waals surface area contributed by atoms with E-state index < -0.39 is 17.9 Å². The number of piperidine rings is 1. The Hall–Kier alpha value is -5.51. The van der Waals surface area contributed by atoms with Crippen molar-refractivity contribution in [3.05, 3.63) is 108 Å². The summed E-state index contributed by atoms with van der Waals surface area (Å²) in [5, 5.41) is 11.6. The van der Waals surface area contributed by atoms with E-state index in [1.165, 1.54) is 29.9 Å². The summed E-state index contributed by atoms with van der Waals surface area (Å²) in [4.78, 5) is 69.8. The van der Waals surface area contributed by atoms with Crippen molar-refractivity contribution in [3.63, 3.8) is 0 Å². The third-order valence-electron chi connectivity index (χ3n) is 9.71. The molecule has 4 amide bonds. The molecule has 1 fully saturated rings. The van der Waals surface area contributed by atoms with Gasteiger partial charge in [0.1, 0.15) is 17.6 Å². The Balaban J connectivity index is 1.19. The maximum absolute atomic E-state index is 13.3. The highest BCUT2D eigenvalue weighted by Gasteiger charge is 2.21. The van der Waals surface area contributed by atoms with Gasteiger partial charge in [-0.25, -0.2) is 0 Å². The molecule has 0 aliphatic carbocycles. The minimum Gasteiger partial charge on any atom is -0.483 e. The number of hydrogen-bond acceptors (Lipinski definition) is 11. The summed E-state index contributed by atoms with van der Waals surface area (Å²) in [5.41, 5.74) is 1.73. The van der Waals surface area contributed by atoms with Crippen molar-refractivity contribution < 1.29 is 38.2 Å². The van der Waals surface area contributed by atoms with Crippen molar-refractivity contribution in [2.24, 2.45) is 0 Å². The van der Waals surface area contributed by atoms with E-state index in [0.29, 0.717) is 66.5 Å². The number of para-hydroxylation sites is 4. The fourth-order valence-electron chi connectivity index (χ4n) is 6.61. The second kappa shape index (κ2) is 23.3. The van der Waals surface area contributed by atoms with Crippen molar-refractivity contribution in [2.45, 2.75) is 54.4 Å². The first-order valence-corrected chi connectivity index (χ1v) is 22.2. The Labute approximate surface area is 359 Å². The number of rotatable bonds is 4. The average molecular weight is 854 g/mol. The lowest BCUT2D eigenvalue weighted by molar-refractivity contribution is -0.147. The van der Waals surface area contributed by atoms with Crippen molar-refractivity contribution in [1.29, 1.82) is 0 Å². The zero-order valence-electron chi connectivity index (χ0n) is 33.5. The lowest BCUT2D eigenvalue weighted by Crippen LogP contribution is -2.33. The molecular formula is C45H51N5O8S2. The molecule has 316 valence electrons. The van der Waals surface area contributed by atoms with Crippen LogP contribution < -0.4 is 30.7 Å². The smallest absolute Gasteiger partial charge is 0.307 e. The summed E-state index contributed by atoms with van der Waals surface area (Å²) in [5.74, 6) is -0.476. The van der Waals surface area contributed by atoms with Crippen LogP contribution in [0.1, 0.15) is 59.2 Å². The highest BCUT2D eigenvalue weighted by Crippen LogP contribution is 2.32. The summed E-state index contributed by atoms with van der Waals surface area (Å²) in [6.45, 7) is 2.65. The molecule has 4 N–H and O–H groups in total. The molecule has 2 heterocycles. The topological polar surface area (TPSA) is 164 Å². The number of hydrogen-bond donors (Lipinski definition) is 4. The van der Waals surface area contributed by atoms with Crippen LogP contribution in [0.3, 0.4) is 0 Å². The van der Waals surface area contributed by atoms with Crippen LogP contribution in [0, 0.1) is 0 Å². The van der Waals surface area contributed by atoms with Gasteiger partial charge in [0.25, 0.3) is 23.6 Å². The number of esters is 1. The first-order valence-electron chi connectivity index (χ1n) is 20.3. The molecule has 4 aromatic rings. The largest absolute Gasteiger partial charge is 0.483 e. The molecule has 0 spiro atoms. The number of benzene rings is 4. The minimum atomic E-state index is -0.519. The van der Waals surface area contributed by atoms with Crippen molar-refractivity contribution in [3.8, 4) is 11.5 Å². The summed E-state index contributed by atoms with van der Waals surface area (Å²) in [6.07, 6.45) is 4.41. The van der Waals surface area contributed by atoms with Crippen molar-refractivity contribution >= 4 is 64.5 Å². The molecule has 1 saturated heterocycles. The number of amides is 4. The first-order chi connectivity index (χ1) is 29.3. The molecule has 2 aliphatic heterocycles. The number of carbonyl (C=O) groups excluding carboxylic acids is 5. The maximum Gasteiger partial charge on any atom is 0.307 e. The van der Waals surface area contributed by atoms with E-state index in [1.807, 2.05) is 36.4 Å². The van der Waals surface area contributed by atoms with Gasteiger partial charge in [-0.1, -0.05) is 55.0 Å². The van der Waals surface area contributed by atoms with E-state index in [4.69, 9.17) is 14.2 Å². The molecule has 6 rings (SSSR count). The van der Waals surface area contributed by atoms with Gasteiger partial charge in [-0.2, -0.15) is 0 Å². The second-order valence-electron chi connectivity index (χ2n) is 14.3. The number of anilines is 2. The number of nitrogens with one attached hydrogen (secondary N) is 4. The number of thioether (sulfide) groups is 2. The Bertz CT molecular complexity index is 1970. The molecule has 60 heavy (non-hydrogen) atoms. The summed E-state index contributed by atoms with van der Waals surface area (Å²) in [7, 11) is 0. The predicted octanol–water partition coefficient (Wildman–Crippen LogP) is 6.65. The molecule has 0 bridgehead atoms. The van der Waals surface area contributed by atoms with Gasteiger partial charge in [-0.05, 0) is 87.3 Å². The van der Waals surface area contributed by atoms with Gasteiger partial charge in [0.05, 0.1) is 28.9 Å². The van der Waals surface area contributed by atoms with Gasteiger partial charge >= 0.3 is 5.97 Å². The van der Waals surface area contributed by atoms with Crippen LogP contribution in [0.5, 0.6) is 11.5 Å².